The Morgan fingerprint density at radius 2 is 1.84 bits per heavy atom. The van der Waals surface area contributed by atoms with Gasteiger partial charge in [0.25, 0.3) is 5.79 Å². The Morgan fingerprint density at radius 3 is 2.53 bits per heavy atom. The molecule has 0 aromatic heterocycles. The second-order valence-electron chi connectivity index (χ2n) is 4.54. The molecule has 3 rings (SSSR count). The highest BCUT2D eigenvalue weighted by Gasteiger charge is 2.41. The predicted octanol–water partition coefficient (Wildman–Crippen LogP) is 4.06. The molecule has 2 aromatic rings. The van der Waals surface area contributed by atoms with Crippen LogP contribution in [0.15, 0.2) is 61.2 Å². The summed E-state index contributed by atoms with van der Waals surface area (Å²) in [4.78, 5) is 0. The van der Waals surface area contributed by atoms with Crippen LogP contribution in [0.4, 0.5) is 0 Å². The molecule has 0 saturated carbocycles. The third-order valence-corrected chi connectivity index (χ3v) is 3.40. The Balaban J connectivity index is 2.08. The van der Waals surface area contributed by atoms with Crippen LogP contribution in [0, 0.1) is 0 Å². The molecule has 0 aliphatic carbocycles. The highest BCUT2D eigenvalue weighted by molar-refractivity contribution is 5.51. The fourth-order valence-corrected chi connectivity index (χ4v) is 2.36. The molecule has 2 nitrogen and oxygen atoms in total. The highest BCUT2D eigenvalue weighted by Crippen LogP contribution is 2.46. The van der Waals surface area contributed by atoms with Crippen molar-refractivity contribution in [1.82, 2.24) is 0 Å². The minimum atomic E-state index is -0.908. The van der Waals surface area contributed by atoms with Gasteiger partial charge in [-0.05, 0) is 24.1 Å². The maximum atomic E-state index is 6.11. The summed E-state index contributed by atoms with van der Waals surface area (Å²) < 4.78 is 12.1. The maximum Gasteiger partial charge on any atom is 0.298 e. The van der Waals surface area contributed by atoms with Gasteiger partial charge in [0, 0.05) is 5.56 Å². The number of hydrogen-bond acceptors (Lipinski definition) is 2. The summed E-state index contributed by atoms with van der Waals surface area (Å²) in [6.07, 6.45) is 2.62. The molecule has 0 N–H and O–H groups in total. The van der Waals surface area contributed by atoms with E-state index in [-0.39, 0.29) is 0 Å². The highest BCUT2D eigenvalue weighted by atomic mass is 16.7. The molecule has 1 unspecified atom stereocenters. The van der Waals surface area contributed by atoms with Crippen LogP contribution in [0.5, 0.6) is 11.5 Å². The number of ether oxygens (including phenoxy) is 2. The van der Waals surface area contributed by atoms with E-state index in [0.717, 1.165) is 29.0 Å². The summed E-state index contributed by atoms with van der Waals surface area (Å²) >= 11 is 0. The van der Waals surface area contributed by atoms with Gasteiger partial charge in [-0.15, -0.1) is 0 Å². The molecule has 0 saturated heterocycles. The molecule has 19 heavy (non-hydrogen) atoms. The number of hydrogen-bond donors (Lipinski definition) is 0. The van der Waals surface area contributed by atoms with E-state index in [4.69, 9.17) is 9.47 Å². The van der Waals surface area contributed by atoms with Gasteiger partial charge in [-0.1, -0.05) is 56.0 Å². The van der Waals surface area contributed by atoms with Crippen molar-refractivity contribution in [1.29, 1.82) is 0 Å². The van der Waals surface area contributed by atoms with Crippen molar-refractivity contribution < 1.29 is 9.47 Å². The van der Waals surface area contributed by atoms with Crippen molar-refractivity contribution in [2.24, 2.45) is 0 Å². The SMILES string of the molecule is C=CC1(c2ccccc2)Oc2cccc(CC)c2O1. The number of benzene rings is 2. The summed E-state index contributed by atoms with van der Waals surface area (Å²) in [7, 11) is 0. The first-order chi connectivity index (χ1) is 9.29. The van der Waals surface area contributed by atoms with E-state index in [1.165, 1.54) is 0 Å². The molecule has 1 heterocycles. The first kappa shape index (κ1) is 11.8. The van der Waals surface area contributed by atoms with Crippen molar-refractivity contribution in [3.05, 3.63) is 72.3 Å². The van der Waals surface area contributed by atoms with Crippen LogP contribution in [0.3, 0.4) is 0 Å². The molecule has 0 amide bonds. The van der Waals surface area contributed by atoms with E-state index < -0.39 is 5.79 Å². The van der Waals surface area contributed by atoms with Gasteiger partial charge in [-0.3, -0.25) is 0 Å². The summed E-state index contributed by atoms with van der Waals surface area (Å²) in [6.45, 7) is 5.99. The van der Waals surface area contributed by atoms with Crippen LogP contribution >= 0.6 is 0 Å². The largest absolute Gasteiger partial charge is 0.441 e. The fourth-order valence-electron chi connectivity index (χ4n) is 2.36. The van der Waals surface area contributed by atoms with Gasteiger partial charge in [0.2, 0.25) is 0 Å². The van der Waals surface area contributed by atoms with E-state index in [9.17, 15) is 0 Å². The fraction of sp³-hybridized carbons (Fsp3) is 0.176. The molecular formula is C17H16O2. The van der Waals surface area contributed by atoms with Crippen LogP contribution in [0.2, 0.25) is 0 Å². The first-order valence-electron chi connectivity index (χ1n) is 6.48. The van der Waals surface area contributed by atoms with Crippen LogP contribution in [0.1, 0.15) is 18.1 Å². The third-order valence-electron chi connectivity index (χ3n) is 3.40. The second-order valence-corrected chi connectivity index (χ2v) is 4.54. The normalized spacial score (nSPS) is 20.3. The Labute approximate surface area is 113 Å². The van der Waals surface area contributed by atoms with Crippen LogP contribution < -0.4 is 9.47 Å². The first-order valence-corrected chi connectivity index (χ1v) is 6.48. The predicted molar refractivity (Wildman–Crippen MR) is 75.4 cm³/mol. The molecule has 0 fully saturated rings. The van der Waals surface area contributed by atoms with Gasteiger partial charge in [0.15, 0.2) is 11.5 Å². The molecule has 2 heteroatoms. The zero-order chi connectivity index (χ0) is 13.3. The molecule has 96 valence electrons. The zero-order valence-electron chi connectivity index (χ0n) is 10.9. The molecule has 1 atom stereocenters. The van der Waals surface area contributed by atoms with Crippen molar-refractivity contribution >= 4 is 0 Å². The Morgan fingerprint density at radius 1 is 1.05 bits per heavy atom. The van der Waals surface area contributed by atoms with Gasteiger partial charge in [-0.25, -0.2) is 0 Å². The van der Waals surface area contributed by atoms with E-state index in [0.29, 0.717) is 0 Å². The van der Waals surface area contributed by atoms with Crippen molar-refractivity contribution in [3.63, 3.8) is 0 Å². The lowest BCUT2D eigenvalue weighted by Crippen LogP contribution is -2.32. The lowest BCUT2D eigenvalue weighted by Gasteiger charge is -2.24. The van der Waals surface area contributed by atoms with Crippen LogP contribution in [-0.4, -0.2) is 0 Å². The monoisotopic (exact) mass is 252 g/mol. The van der Waals surface area contributed by atoms with Crippen LogP contribution in [0.25, 0.3) is 0 Å². The molecule has 1 aliphatic rings. The minimum Gasteiger partial charge on any atom is -0.441 e. The van der Waals surface area contributed by atoms with Crippen molar-refractivity contribution in [2.45, 2.75) is 19.1 Å². The van der Waals surface area contributed by atoms with Gasteiger partial charge in [-0.2, -0.15) is 0 Å². The Kier molecular flexibility index (Phi) is 2.79. The Bertz CT molecular complexity index is 604. The van der Waals surface area contributed by atoms with Gasteiger partial charge < -0.3 is 9.47 Å². The van der Waals surface area contributed by atoms with E-state index >= 15 is 0 Å². The molecule has 0 radical (unpaired) electrons. The van der Waals surface area contributed by atoms with Gasteiger partial charge in [0.1, 0.15) is 0 Å². The molecule has 0 spiro atoms. The van der Waals surface area contributed by atoms with Gasteiger partial charge >= 0.3 is 0 Å². The number of para-hydroxylation sites is 1. The maximum absolute atomic E-state index is 6.11. The smallest absolute Gasteiger partial charge is 0.298 e. The van der Waals surface area contributed by atoms with Crippen molar-refractivity contribution in [3.8, 4) is 11.5 Å². The standard InChI is InChI=1S/C17H16O2/c1-3-13-9-8-12-15-16(13)19-17(4-2,18-15)14-10-6-5-7-11-14/h4-12H,2-3H2,1H3. The third kappa shape index (κ3) is 1.80. The molecule has 0 bridgehead atoms. The van der Waals surface area contributed by atoms with Gasteiger partial charge in [0.05, 0.1) is 0 Å². The zero-order valence-corrected chi connectivity index (χ0v) is 10.9. The average Bonchev–Trinajstić information content (AvgIpc) is 2.88. The number of rotatable bonds is 3. The second kappa shape index (κ2) is 4.47. The van der Waals surface area contributed by atoms with E-state index in [1.54, 1.807) is 6.08 Å². The molecular weight excluding hydrogens is 236 g/mol. The summed E-state index contributed by atoms with van der Waals surface area (Å²) in [5.74, 6) is 0.700. The number of aryl methyl sites for hydroxylation is 1. The average molecular weight is 252 g/mol. The van der Waals surface area contributed by atoms with Crippen LogP contribution in [-0.2, 0) is 12.2 Å². The van der Waals surface area contributed by atoms with E-state index in [1.807, 2.05) is 42.5 Å². The lowest BCUT2D eigenvalue weighted by atomic mass is 10.1. The Hall–Kier alpha value is -2.22. The lowest BCUT2D eigenvalue weighted by molar-refractivity contribution is -0.0382. The summed E-state index contributed by atoms with van der Waals surface area (Å²) in [5, 5.41) is 0. The van der Waals surface area contributed by atoms with E-state index in [2.05, 4.69) is 19.6 Å². The topological polar surface area (TPSA) is 18.5 Å². The minimum absolute atomic E-state index is 0.781. The molecule has 2 aromatic carbocycles. The molecule has 1 aliphatic heterocycles. The number of fused-ring (bicyclic) bond motifs is 1. The quantitative estimate of drug-likeness (QED) is 0.767. The van der Waals surface area contributed by atoms with Crippen molar-refractivity contribution in [2.75, 3.05) is 0 Å². The summed E-state index contributed by atoms with van der Waals surface area (Å²) in [5.41, 5.74) is 2.10. The summed E-state index contributed by atoms with van der Waals surface area (Å²) in [6, 6.07) is 15.9.